The number of nitrogens with one attached hydrogen (secondary N) is 1. The van der Waals surface area contributed by atoms with Gasteiger partial charge in [-0.15, -0.1) is 0 Å². The van der Waals surface area contributed by atoms with Crippen LogP contribution in [0.25, 0.3) is 10.8 Å². The van der Waals surface area contributed by atoms with Crippen molar-refractivity contribution in [2.45, 2.75) is 14.7 Å². The molecular weight excluding hydrogens is 446 g/mol. The van der Waals surface area contributed by atoms with Crippen LogP contribution in [0.1, 0.15) is 0 Å². The topological polar surface area (TPSA) is 84.9 Å². The van der Waals surface area contributed by atoms with Gasteiger partial charge in [0.1, 0.15) is 5.75 Å². The summed E-state index contributed by atoms with van der Waals surface area (Å²) in [7, 11) is -1.01. The molecule has 4 aromatic rings. The van der Waals surface area contributed by atoms with Crippen LogP contribution in [0.3, 0.4) is 0 Å². The van der Waals surface area contributed by atoms with Crippen LogP contribution in [0.2, 0.25) is 0 Å². The molecule has 0 radical (unpaired) electrons. The van der Waals surface area contributed by atoms with Crippen LogP contribution in [0, 0.1) is 0 Å². The number of phenols is 1. The van der Waals surface area contributed by atoms with E-state index in [2.05, 4.69) is 4.72 Å². The fraction of sp³-hybridized carbons (Fsp3) is 0.0833. The Kier molecular flexibility index (Phi) is 6.16. The van der Waals surface area contributed by atoms with E-state index in [4.69, 9.17) is 9.47 Å². The van der Waals surface area contributed by atoms with E-state index in [1.807, 2.05) is 30.3 Å². The lowest BCUT2D eigenvalue weighted by Crippen LogP contribution is -2.13. The molecule has 0 aromatic heterocycles. The monoisotopic (exact) mass is 467 g/mol. The smallest absolute Gasteiger partial charge is 0.262 e. The lowest BCUT2D eigenvalue weighted by atomic mass is 10.1. The molecule has 0 bridgehead atoms. The molecule has 32 heavy (non-hydrogen) atoms. The molecule has 2 N–H and O–H groups in total. The molecule has 0 heterocycles. The second-order valence-corrected chi connectivity index (χ2v) is 9.65. The van der Waals surface area contributed by atoms with Crippen LogP contribution in [0.15, 0.2) is 93.5 Å². The summed E-state index contributed by atoms with van der Waals surface area (Å²) in [6, 6.07) is 22.7. The molecule has 0 amide bonds. The highest BCUT2D eigenvalue weighted by Crippen LogP contribution is 2.43. The number of hydrogen-bond acceptors (Lipinski definition) is 6. The van der Waals surface area contributed by atoms with Crippen LogP contribution in [-0.2, 0) is 10.0 Å². The predicted octanol–water partition coefficient (Wildman–Crippen LogP) is 5.51. The lowest BCUT2D eigenvalue weighted by Gasteiger charge is -2.16. The Labute approximate surface area is 190 Å². The fourth-order valence-corrected chi connectivity index (χ4v) is 5.32. The van der Waals surface area contributed by atoms with Crippen LogP contribution in [0.4, 0.5) is 5.69 Å². The summed E-state index contributed by atoms with van der Waals surface area (Å²) >= 11 is 1.35. The number of hydrogen-bond donors (Lipinski definition) is 2. The minimum atomic E-state index is -3.94. The van der Waals surface area contributed by atoms with E-state index in [0.29, 0.717) is 32.9 Å². The summed E-state index contributed by atoms with van der Waals surface area (Å²) in [6.07, 6.45) is 0. The number of aromatic hydroxyl groups is 1. The number of fused-ring (bicyclic) bond motifs is 1. The molecule has 0 unspecified atom stereocenters. The van der Waals surface area contributed by atoms with E-state index in [1.54, 1.807) is 36.4 Å². The van der Waals surface area contributed by atoms with Gasteiger partial charge in [-0.3, -0.25) is 4.72 Å². The van der Waals surface area contributed by atoms with Crippen LogP contribution < -0.4 is 14.2 Å². The van der Waals surface area contributed by atoms with E-state index in [-0.39, 0.29) is 10.6 Å². The third kappa shape index (κ3) is 4.32. The maximum absolute atomic E-state index is 13.2. The molecule has 4 aromatic carbocycles. The molecule has 164 valence electrons. The fourth-order valence-electron chi connectivity index (χ4n) is 3.30. The van der Waals surface area contributed by atoms with Crippen molar-refractivity contribution < 1.29 is 23.0 Å². The standard InChI is InChI=1S/C24H21NO5S2/c1-29-21-13-12-17(14-22(21)30-2)32(27,28)25-20-15-23(31-16-8-4-3-5-9-16)24(26)19-11-7-6-10-18(19)20/h3-15,25-26H,1-2H3. The molecule has 6 nitrogen and oxygen atoms in total. The van der Waals surface area contributed by atoms with Crippen molar-refractivity contribution >= 4 is 38.2 Å². The molecule has 4 rings (SSSR count). The zero-order valence-corrected chi connectivity index (χ0v) is 19.0. The Bertz CT molecular complexity index is 1370. The quantitative estimate of drug-likeness (QED) is 0.349. The van der Waals surface area contributed by atoms with Gasteiger partial charge in [0.15, 0.2) is 11.5 Å². The highest BCUT2D eigenvalue weighted by molar-refractivity contribution is 7.99. The Morgan fingerprint density at radius 1 is 0.812 bits per heavy atom. The van der Waals surface area contributed by atoms with Crippen molar-refractivity contribution in [2.24, 2.45) is 0 Å². The Morgan fingerprint density at radius 2 is 1.47 bits per heavy atom. The van der Waals surface area contributed by atoms with Gasteiger partial charge in [-0.1, -0.05) is 54.2 Å². The normalized spacial score (nSPS) is 11.3. The van der Waals surface area contributed by atoms with Gasteiger partial charge >= 0.3 is 0 Å². The third-order valence-corrected chi connectivity index (χ3v) is 7.26. The van der Waals surface area contributed by atoms with Gasteiger partial charge < -0.3 is 14.6 Å². The molecular formula is C24H21NO5S2. The van der Waals surface area contributed by atoms with Crippen molar-refractivity contribution in [1.29, 1.82) is 0 Å². The average Bonchev–Trinajstić information content (AvgIpc) is 2.82. The third-order valence-electron chi connectivity index (χ3n) is 4.86. The van der Waals surface area contributed by atoms with Gasteiger partial charge in [-0.05, 0) is 30.3 Å². The number of anilines is 1. The van der Waals surface area contributed by atoms with Crippen LogP contribution >= 0.6 is 11.8 Å². The maximum Gasteiger partial charge on any atom is 0.262 e. The number of sulfonamides is 1. The zero-order chi connectivity index (χ0) is 22.7. The SMILES string of the molecule is COc1ccc(S(=O)(=O)Nc2cc(Sc3ccccc3)c(O)c3ccccc23)cc1OC. The van der Waals surface area contributed by atoms with Crippen molar-refractivity contribution in [3.8, 4) is 17.2 Å². The molecule has 0 spiro atoms. The maximum atomic E-state index is 13.2. The summed E-state index contributed by atoms with van der Waals surface area (Å²) in [5, 5.41) is 12.0. The van der Waals surface area contributed by atoms with Gasteiger partial charge in [0.2, 0.25) is 0 Å². The minimum absolute atomic E-state index is 0.0320. The second kappa shape index (κ2) is 9.02. The van der Waals surface area contributed by atoms with E-state index >= 15 is 0 Å². The molecule has 0 aliphatic heterocycles. The van der Waals surface area contributed by atoms with Gasteiger partial charge in [0.05, 0.1) is 29.7 Å². The second-order valence-electron chi connectivity index (χ2n) is 6.85. The van der Waals surface area contributed by atoms with Crippen LogP contribution in [-0.4, -0.2) is 27.7 Å². The number of ether oxygens (including phenoxy) is 2. The first-order chi connectivity index (χ1) is 15.4. The van der Waals surface area contributed by atoms with Gasteiger partial charge in [0, 0.05) is 21.7 Å². The van der Waals surface area contributed by atoms with Gasteiger partial charge in [-0.25, -0.2) is 8.42 Å². The average molecular weight is 468 g/mol. The summed E-state index contributed by atoms with van der Waals surface area (Å²) in [6.45, 7) is 0. The molecule has 0 saturated carbocycles. The molecule has 8 heteroatoms. The van der Waals surface area contributed by atoms with Crippen molar-refractivity contribution in [3.05, 3.63) is 78.9 Å². The van der Waals surface area contributed by atoms with E-state index in [1.165, 1.54) is 38.1 Å². The van der Waals surface area contributed by atoms with Crippen molar-refractivity contribution in [1.82, 2.24) is 0 Å². The van der Waals surface area contributed by atoms with E-state index in [9.17, 15) is 13.5 Å². The molecule has 0 saturated heterocycles. The molecule has 0 aliphatic rings. The number of rotatable bonds is 7. The van der Waals surface area contributed by atoms with Crippen molar-refractivity contribution in [3.63, 3.8) is 0 Å². The number of benzene rings is 4. The van der Waals surface area contributed by atoms with Gasteiger partial charge in [-0.2, -0.15) is 0 Å². The zero-order valence-electron chi connectivity index (χ0n) is 17.4. The summed E-state index contributed by atoms with van der Waals surface area (Å²) in [5.41, 5.74) is 0.367. The van der Waals surface area contributed by atoms with E-state index in [0.717, 1.165) is 4.90 Å². The lowest BCUT2D eigenvalue weighted by molar-refractivity contribution is 0.354. The highest BCUT2D eigenvalue weighted by atomic mass is 32.2. The molecule has 0 fully saturated rings. The summed E-state index contributed by atoms with van der Waals surface area (Å²) in [5.74, 6) is 0.845. The highest BCUT2D eigenvalue weighted by Gasteiger charge is 2.20. The molecule has 0 atom stereocenters. The first-order valence-electron chi connectivity index (χ1n) is 9.65. The van der Waals surface area contributed by atoms with Gasteiger partial charge in [0.25, 0.3) is 10.0 Å². The Morgan fingerprint density at radius 3 is 2.16 bits per heavy atom. The Balaban J connectivity index is 1.79. The first kappa shape index (κ1) is 21.9. The van der Waals surface area contributed by atoms with E-state index < -0.39 is 10.0 Å². The summed E-state index contributed by atoms with van der Waals surface area (Å²) in [4.78, 5) is 1.50. The van der Waals surface area contributed by atoms with Crippen LogP contribution in [0.5, 0.6) is 17.2 Å². The van der Waals surface area contributed by atoms with Crippen molar-refractivity contribution in [2.75, 3.05) is 18.9 Å². The minimum Gasteiger partial charge on any atom is -0.506 e. The summed E-state index contributed by atoms with van der Waals surface area (Å²) < 4.78 is 39.5. The predicted molar refractivity (Wildman–Crippen MR) is 127 cm³/mol. The number of phenolic OH excluding ortho intramolecular Hbond substituents is 1. The first-order valence-corrected chi connectivity index (χ1v) is 12.0. The number of methoxy groups -OCH3 is 2. The molecule has 0 aliphatic carbocycles. The largest absolute Gasteiger partial charge is 0.506 e. The Hall–Kier alpha value is -3.36.